The highest BCUT2D eigenvalue weighted by Crippen LogP contribution is 2.35. The molecule has 1 saturated heterocycles. The maximum absolute atomic E-state index is 12.9. The zero-order chi connectivity index (χ0) is 23.6. The van der Waals surface area contributed by atoms with Crippen molar-refractivity contribution in [3.05, 3.63) is 23.4 Å². The Morgan fingerprint density at radius 1 is 1.12 bits per heavy atom. The minimum absolute atomic E-state index is 0.0742. The average Bonchev–Trinajstić information content (AvgIpc) is 3.04. The van der Waals surface area contributed by atoms with Gasteiger partial charge in [-0.05, 0) is 57.6 Å². The maximum Gasteiger partial charge on any atom is 0.410 e. The molecule has 1 unspecified atom stereocenters. The molecule has 3 atom stereocenters. The summed E-state index contributed by atoms with van der Waals surface area (Å²) in [4.78, 5) is 19.3. The third-order valence-corrected chi connectivity index (χ3v) is 7.52. The van der Waals surface area contributed by atoms with E-state index in [0.29, 0.717) is 31.2 Å². The molecule has 4 heterocycles. The van der Waals surface area contributed by atoms with Crippen molar-refractivity contribution in [1.82, 2.24) is 14.6 Å². The van der Waals surface area contributed by atoms with Crippen LogP contribution >= 0.6 is 0 Å². The quantitative estimate of drug-likeness (QED) is 0.692. The van der Waals surface area contributed by atoms with Crippen LogP contribution in [0.1, 0.15) is 62.6 Å². The summed E-state index contributed by atoms with van der Waals surface area (Å²) in [5, 5.41) is 0. The van der Waals surface area contributed by atoms with E-state index in [1.165, 1.54) is 0 Å². The number of nitrogens with zero attached hydrogens (tertiary/aromatic N) is 2. The molecule has 9 nitrogen and oxygen atoms in total. The van der Waals surface area contributed by atoms with Gasteiger partial charge in [0.2, 0.25) is 15.9 Å². The molecule has 10 heteroatoms. The first-order chi connectivity index (χ1) is 15.7. The molecule has 3 aliphatic heterocycles. The van der Waals surface area contributed by atoms with Crippen molar-refractivity contribution < 1.29 is 27.4 Å². The third kappa shape index (κ3) is 6.16. The van der Waals surface area contributed by atoms with Crippen molar-refractivity contribution >= 4 is 16.1 Å². The van der Waals surface area contributed by atoms with Crippen molar-refractivity contribution in [2.75, 3.05) is 26.1 Å². The largest absolute Gasteiger partial charge is 0.478 e. The molecule has 1 amide bonds. The predicted octanol–water partition coefficient (Wildman–Crippen LogP) is 2.73. The Hall–Kier alpha value is -1.91. The van der Waals surface area contributed by atoms with E-state index in [9.17, 15) is 13.2 Å². The molecule has 1 aromatic rings. The molecular weight excluding hydrogens is 446 g/mol. The first kappa shape index (κ1) is 24.2. The normalized spacial score (nSPS) is 31.4. The average molecular weight is 482 g/mol. The van der Waals surface area contributed by atoms with E-state index in [2.05, 4.69) is 10.8 Å². The molecule has 184 valence electrons. The van der Waals surface area contributed by atoms with Gasteiger partial charge >= 0.3 is 6.09 Å². The van der Waals surface area contributed by atoms with Gasteiger partial charge in [0.1, 0.15) is 0 Å². The molecule has 0 spiro atoms. The van der Waals surface area contributed by atoms with Crippen LogP contribution in [0.3, 0.4) is 0 Å². The Bertz CT molecular complexity index is 948. The standard InChI is InChI=1S/C23H35N3O6S/c1-15-11-19-17-5-7-18(8-6-17)32-14-21-20(25-33(3,28)29)13-16(2)26(21)23(27)31-10-4-9-30-22(12-15)24-19/h11-12,16-18,20-21,25H,4-10,13-14H2,1-3H3/t16-,17?,18?,20+,21?/m1/s1. The molecular formula is C23H35N3O6S. The van der Waals surface area contributed by atoms with Crippen LogP contribution in [-0.2, 0) is 19.5 Å². The summed E-state index contributed by atoms with van der Waals surface area (Å²) in [6.45, 7) is 4.85. The number of rotatable bonds is 2. The first-order valence-electron chi connectivity index (χ1n) is 11.8. The van der Waals surface area contributed by atoms with E-state index in [1.807, 2.05) is 19.9 Å². The van der Waals surface area contributed by atoms with Crippen molar-refractivity contribution in [2.24, 2.45) is 0 Å². The van der Waals surface area contributed by atoms with Gasteiger partial charge in [0.15, 0.2) is 0 Å². The fourth-order valence-electron chi connectivity index (χ4n) is 5.25. The molecule has 0 aromatic carbocycles. The van der Waals surface area contributed by atoms with E-state index < -0.39 is 28.2 Å². The van der Waals surface area contributed by atoms with Crippen LogP contribution in [-0.4, -0.2) is 74.7 Å². The summed E-state index contributed by atoms with van der Waals surface area (Å²) in [7, 11) is -3.42. The third-order valence-electron chi connectivity index (χ3n) is 6.79. The minimum atomic E-state index is -3.42. The van der Waals surface area contributed by atoms with Gasteiger partial charge < -0.3 is 14.2 Å². The highest BCUT2D eigenvalue weighted by Gasteiger charge is 2.44. The van der Waals surface area contributed by atoms with Crippen LogP contribution in [0.5, 0.6) is 5.88 Å². The number of aromatic nitrogens is 1. The summed E-state index contributed by atoms with van der Waals surface area (Å²) in [6, 6.07) is 3.09. The van der Waals surface area contributed by atoms with Gasteiger partial charge in [0, 0.05) is 36.2 Å². The minimum Gasteiger partial charge on any atom is -0.478 e. The van der Waals surface area contributed by atoms with Gasteiger partial charge in [-0.1, -0.05) is 0 Å². The molecule has 5 rings (SSSR count). The van der Waals surface area contributed by atoms with Crippen LogP contribution in [0.15, 0.2) is 12.1 Å². The molecule has 0 radical (unpaired) electrons. The van der Waals surface area contributed by atoms with Crippen LogP contribution in [0.25, 0.3) is 0 Å². The number of pyridine rings is 1. The summed E-state index contributed by atoms with van der Waals surface area (Å²) < 4.78 is 44.2. The molecule has 4 bridgehead atoms. The number of fused-ring (bicyclic) bond motifs is 8. The second-order valence-electron chi connectivity index (χ2n) is 9.59. The van der Waals surface area contributed by atoms with E-state index in [-0.39, 0.29) is 25.4 Å². The molecule has 2 fully saturated rings. The van der Waals surface area contributed by atoms with Crippen LogP contribution < -0.4 is 9.46 Å². The number of hydrogen-bond donors (Lipinski definition) is 1. The number of sulfonamides is 1. The highest BCUT2D eigenvalue weighted by molar-refractivity contribution is 7.88. The summed E-state index contributed by atoms with van der Waals surface area (Å²) >= 11 is 0. The number of carbonyl (C=O) groups is 1. The van der Waals surface area contributed by atoms with Gasteiger partial charge in [-0.25, -0.2) is 22.9 Å². The van der Waals surface area contributed by atoms with E-state index in [1.54, 1.807) is 4.90 Å². The summed E-state index contributed by atoms with van der Waals surface area (Å²) in [5.41, 5.74) is 2.18. The zero-order valence-electron chi connectivity index (χ0n) is 19.7. The second kappa shape index (κ2) is 10.1. The number of hydrogen-bond acceptors (Lipinski definition) is 7. The molecule has 33 heavy (non-hydrogen) atoms. The molecule has 1 N–H and O–H groups in total. The van der Waals surface area contributed by atoms with Crippen molar-refractivity contribution in [2.45, 2.75) is 82.5 Å². The van der Waals surface area contributed by atoms with E-state index in [0.717, 1.165) is 43.2 Å². The predicted molar refractivity (Wildman–Crippen MR) is 123 cm³/mol. The lowest BCUT2D eigenvalue weighted by molar-refractivity contribution is -0.0107. The smallest absolute Gasteiger partial charge is 0.410 e. The first-order valence-corrected chi connectivity index (χ1v) is 13.7. The highest BCUT2D eigenvalue weighted by atomic mass is 32.2. The Morgan fingerprint density at radius 2 is 1.85 bits per heavy atom. The van der Waals surface area contributed by atoms with Gasteiger partial charge in [-0.3, -0.25) is 4.90 Å². The lowest BCUT2D eigenvalue weighted by Gasteiger charge is -2.33. The number of ether oxygens (including phenoxy) is 3. The Morgan fingerprint density at radius 3 is 2.58 bits per heavy atom. The van der Waals surface area contributed by atoms with Crippen LogP contribution in [0, 0.1) is 6.92 Å². The molecule has 1 saturated carbocycles. The fraction of sp³-hybridized carbons (Fsp3) is 0.739. The summed E-state index contributed by atoms with van der Waals surface area (Å²) in [6.07, 6.45) is 5.56. The molecule has 1 aliphatic carbocycles. The lowest BCUT2D eigenvalue weighted by Crippen LogP contribution is -2.50. The Balaban J connectivity index is 1.53. The van der Waals surface area contributed by atoms with Gasteiger partial charge in [-0.15, -0.1) is 0 Å². The van der Waals surface area contributed by atoms with E-state index in [4.69, 9.17) is 19.2 Å². The Kier molecular flexibility index (Phi) is 7.45. The van der Waals surface area contributed by atoms with Gasteiger partial charge in [0.25, 0.3) is 0 Å². The molecule has 1 aromatic heterocycles. The zero-order valence-corrected chi connectivity index (χ0v) is 20.5. The Labute approximate surface area is 196 Å². The van der Waals surface area contributed by atoms with Gasteiger partial charge in [0.05, 0.1) is 38.2 Å². The number of carbonyl (C=O) groups excluding carboxylic acids is 1. The maximum atomic E-state index is 12.9. The number of nitrogens with one attached hydrogen (secondary N) is 1. The molecule has 4 aliphatic rings. The number of amides is 1. The van der Waals surface area contributed by atoms with Crippen molar-refractivity contribution in [3.63, 3.8) is 0 Å². The monoisotopic (exact) mass is 481 g/mol. The van der Waals surface area contributed by atoms with Crippen LogP contribution in [0.2, 0.25) is 0 Å². The fourth-order valence-corrected chi connectivity index (χ4v) is 6.05. The topological polar surface area (TPSA) is 107 Å². The van der Waals surface area contributed by atoms with Crippen LogP contribution in [0.4, 0.5) is 4.79 Å². The van der Waals surface area contributed by atoms with Crippen molar-refractivity contribution in [1.29, 1.82) is 0 Å². The summed E-state index contributed by atoms with van der Waals surface area (Å²) in [5.74, 6) is 0.984. The number of aryl methyl sites for hydroxylation is 1. The lowest BCUT2D eigenvalue weighted by atomic mass is 9.84. The van der Waals surface area contributed by atoms with Crippen molar-refractivity contribution in [3.8, 4) is 5.88 Å². The van der Waals surface area contributed by atoms with Gasteiger partial charge in [-0.2, -0.15) is 0 Å². The SMILES string of the molecule is Cc1cc2nc(c1)C1CCC(CC1)OCC1[C@@H](NS(C)(=O)=O)C[C@@H](C)N1C(=O)OCCCO2. The van der Waals surface area contributed by atoms with E-state index >= 15 is 0 Å². The second-order valence-corrected chi connectivity index (χ2v) is 11.4.